The van der Waals surface area contributed by atoms with E-state index in [0.717, 1.165) is 6.42 Å². The van der Waals surface area contributed by atoms with Gasteiger partial charge in [-0.2, -0.15) is 0 Å². The molecule has 0 spiro atoms. The summed E-state index contributed by atoms with van der Waals surface area (Å²) in [5.41, 5.74) is 14.6. The molecule has 0 aromatic heterocycles. The number of fused-ring (bicyclic) bond motifs is 2. The van der Waals surface area contributed by atoms with Crippen LogP contribution in [-0.2, 0) is 27.4 Å². The molecular weight excluding hydrogens is 707 g/mol. The van der Waals surface area contributed by atoms with Gasteiger partial charge in [-0.25, -0.2) is 0 Å². The first-order valence-electron chi connectivity index (χ1n) is 17.7. The summed E-state index contributed by atoms with van der Waals surface area (Å²) in [4.78, 5) is 0. The first-order valence-corrected chi connectivity index (χ1v) is 34.1. The van der Waals surface area contributed by atoms with Crippen LogP contribution >= 0.6 is 17.0 Å². The van der Waals surface area contributed by atoms with Crippen molar-refractivity contribution < 1.29 is 15.6 Å². The predicted molar refractivity (Wildman–Crippen MR) is 209 cm³/mol. The fourth-order valence-corrected chi connectivity index (χ4v) is 38.4. The second kappa shape index (κ2) is 13.4. The Morgan fingerprint density at radius 3 is 1.91 bits per heavy atom. The average Bonchev–Trinajstić information content (AvgIpc) is 3.65. The minimum absolute atomic E-state index is 0.0881. The van der Waals surface area contributed by atoms with E-state index in [1.54, 1.807) is 0 Å². The van der Waals surface area contributed by atoms with E-state index >= 15 is 0 Å². The van der Waals surface area contributed by atoms with E-state index in [1.165, 1.54) is 86.9 Å². The molecule has 0 saturated heterocycles. The summed E-state index contributed by atoms with van der Waals surface area (Å²) in [7, 11) is 16.8. The third-order valence-electron chi connectivity index (χ3n) is 11.1. The first kappa shape index (κ1) is 34.9. The van der Waals surface area contributed by atoms with Crippen molar-refractivity contribution in [3.8, 4) is 22.3 Å². The summed E-state index contributed by atoms with van der Waals surface area (Å²) in [5.74, 6) is -1.56. The van der Waals surface area contributed by atoms with Gasteiger partial charge in [0.1, 0.15) is 0 Å². The van der Waals surface area contributed by atoms with E-state index in [4.69, 9.17) is 17.0 Å². The van der Waals surface area contributed by atoms with Gasteiger partial charge in [-0.1, -0.05) is 13.3 Å². The van der Waals surface area contributed by atoms with Crippen LogP contribution in [0.15, 0.2) is 96.6 Å². The number of hydrogen-bond acceptors (Lipinski definition) is 0. The minimum atomic E-state index is -4.65. The number of unbranched alkanes of at least 4 members (excludes halogenated alkanes) is 3. The molecule has 0 amide bonds. The van der Waals surface area contributed by atoms with E-state index in [9.17, 15) is 0 Å². The molecule has 4 aromatic rings. The quantitative estimate of drug-likeness (QED) is 0.112. The van der Waals surface area contributed by atoms with Crippen molar-refractivity contribution in [1.82, 2.24) is 0 Å². The standard InChI is InChI=1S/C22H25.C19H19.C2H7Si.2ClH.Zr/c1-3-4-5-6-8-18-11-13-19(14-12-18)21-10-7-9-20-15-17(2)16-22(20)21;1-19(2,3)16-12-10-15(11-13-16)18-9-5-7-14-6-4-8-17(14)18;1-3-2;;;/h7,9-16H,3-6,8H2,1-2H3;4-13H,1-3H3;3H,1-2H3;2*1H;/q;;;;;+2/p-2. The number of hydrogen-bond donors (Lipinski definition) is 0. The van der Waals surface area contributed by atoms with Crippen LogP contribution in [0.1, 0.15) is 101 Å². The molecular formula is C43H51Cl2SiZr. The van der Waals surface area contributed by atoms with Crippen molar-refractivity contribution in [3.63, 3.8) is 0 Å². The van der Waals surface area contributed by atoms with Gasteiger partial charge in [-0.3, -0.25) is 0 Å². The van der Waals surface area contributed by atoms with Crippen molar-refractivity contribution in [2.24, 2.45) is 0 Å². The Bertz CT molecular complexity index is 1820. The maximum absolute atomic E-state index is 8.40. The fourth-order valence-electron chi connectivity index (χ4n) is 8.23. The number of aryl methyl sites for hydroxylation is 1. The predicted octanol–water partition coefficient (Wildman–Crippen LogP) is 13.6. The summed E-state index contributed by atoms with van der Waals surface area (Å²) < 4.78 is 0.194. The first-order chi connectivity index (χ1) is 22.3. The second-order valence-corrected chi connectivity index (χ2v) is 58.1. The van der Waals surface area contributed by atoms with Crippen LogP contribution < -0.4 is 0 Å². The van der Waals surface area contributed by atoms with Crippen molar-refractivity contribution in [1.29, 1.82) is 0 Å². The van der Waals surface area contributed by atoms with Gasteiger partial charge in [0, 0.05) is 0 Å². The van der Waals surface area contributed by atoms with Gasteiger partial charge in [0.15, 0.2) is 0 Å². The summed E-state index contributed by atoms with van der Waals surface area (Å²) in [6, 6.07) is 32.0. The molecule has 2 unspecified atom stereocenters. The molecule has 0 fully saturated rings. The van der Waals surface area contributed by atoms with Crippen LogP contribution in [0.4, 0.5) is 0 Å². The van der Waals surface area contributed by atoms with Gasteiger partial charge in [-0.15, -0.1) is 0 Å². The Morgan fingerprint density at radius 1 is 0.723 bits per heavy atom. The van der Waals surface area contributed by atoms with E-state index in [-0.39, 0.29) is 12.7 Å². The van der Waals surface area contributed by atoms with E-state index < -0.39 is 21.5 Å². The van der Waals surface area contributed by atoms with Gasteiger partial charge >= 0.3 is 282 Å². The van der Waals surface area contributed by atoms with Crippen molar-refractivity contribution in [2.75, 3.05) is 0 Å². The molecule has 6 rings (SSSR count). The summed E-state index contributed by atoms with van der Waals surface area (Å²) >= 11 is -4.65. The average molecular weight is 758 g/mol. The van der Waals surface area contributed by atoms with Crippen LogP contribution in [0, 0.1) is 0 Å². The Morgan fingerprint density at radius 2 is 1.32 bits per heavy atom. The molecule has 4 heteroatoms. The van der Waals surface area contributed by atoms with E-state index in [1.807, 2.05) is 0 Å². The summed E-state index contributed by atoms with van der Waals surface area (Å²) in [6.45, 7) is 16.2. The Hall–Kier alpha value is -1.96. The molecule has 0 heterocycles. The number of halogens is 2. The molecule has 2 aliphatic rings. The van der Waals surface area contributed by atoms with Crippen LogP contribution in [0.25, 0.3) is 34.4 Å². The van der Waals surface area contributed by atoms with Gasteiger partial charge in [0.2, 0.25) is 0 Å². The van der Waals surface area contributed by atoms with Gasteiger partial charge in [0.25, 0.3) is 0 Å². The Kier molecular flexibility index (Phi) is 9.94. The Labute approximate surface area is 293 Å². The molecule has 0 aliphatic heterocycles. The van der Waals surface area contributed by atoms with Crippen LogP contribution in [-0.4, -0.2) is 5.92 Å². The van der Waals surface area contributed by atoms with E-state index in [2.05, 4.69) is 151 Å². The van der Waals surface area contributed by atoms with Gasteiger partial charge in [0.05, 0.1) is 0 Å². The number of allylic oxidation sites excluding steroid dienone is 2. The molecule has 0 nitrogen and oxygen atoms in total. The zero-order chi connectivity index (χ0) is 33.6. The molecule has 2 aliphatic carbocycles. The maximum atomic E-state index is 8.40. The molecule has 0 radical (unpaired) electrons. The molecule has 0 saturated carbocycles. The van der Waals surface area contributed by atoms with Crippen molar-refractivity contribution in [2.45, 2.75) is 92.5 Å². The molecule has 0 bridgehead atoms. The summed E-state index contributed by atoms with van der Waals surface area (Å²) in [5, 5.41) is 0. The fraction of sp³-hybridized carbons (Fsp3) is 0.349. The third kappa shape index (κ3) is 6.31. The molecule has 2 atom stereocenters. The topological polar surface area (TPSA) is 0 Å². The zero-order valence-electron chi connectivity index (χ0n) is 29.3. The van der Waals surface area contributed by atoms with Crippen molar-refractivity contribution >= 4 is 35.1 Å². The number of rotatable bonds is 10. The Balaban J connectivity index is 1.37. The molecule has 0 N–H and O–H groups in total. The van der Waals surface area contributed by atoms with Crippen LogP contribution in [0.5, 0.6) is 0 Å². The normalized spacial score (nSPS) is 18.2. The van der Waals surface area contributed by atoms with Gasteiger partial charge in [-0.05, 0) is 0 Å². The molecule has 245 valence electrons. The summed E-state index contributed by atoms with van der Waals surface area (Å²) in [6.07, 6.45) is 13.5. The SMILES string of the molecule is CCCCCCc1ccc(-c2cccc3c2C=C(C)[CH]3[Zr]([Cl])([Cl])([CH]2C=Cc3c(-c4ccc(C(C)(C)C)cc4)cccc32)[SiH](C)C)cc1. The monoisotopic (exact) mass is 755 g/mol. The molecule has 4 aromatic carbocycles. The third-order valence-corrected chi connectivity index (χ3v) is 63.3. The van der Waals surface area contributed by atoms with Crippen LogP contribution in [0.3, 0.4) is 0 Å². The van der Waals surface area contributed by atoms with Crippen molar-refractivity contribution in [3.05, 3.63) is 130 Å². The van der Waals surface area contributed by atoms with E-state index in [0.29, 0.717) is 0 Å². The number of benzene rings is 4. The molecule has 47 heavy (non-hydrogen) atoms. The zero-order valence-corrected chi connectivity index (χ0v) is 34.5. The van der Waals surface area contributed by atoms with Gasteiger partial charge < -0.3 is 0 Å². The second-order valence-electron chi connectivity index (χ2n) is 15.5. The van der Waals surface area contributed by atoms with Crippen LogP contribution in [0.2, 0.25) is 13.1 Å².